The molecule has 0 aliphatic heterocycles. The third kappa shape index (κ3) is 12.0. The van der Waals surface area contributed by atoms with Crippen LogP contribution in [0, 0.1) is 11.3 Å². The van der Waals surface area contributed by atoms with Crippen LogP contribution in [0.15, 0.2) is 72.8 Å². The van der Waals surface area contributed by atoms with Crippen LogP contribution in [0.3, 0.4) is 0 Å². The Morgan fingerprint density at radius 1 is 0.830 bits per heavy atom. The number of unbranched alkanes of at least 4 members (excludes halogenated alkanes) is 2. The number of benzene rings is 3. The summed E-state index contributed by atoms with van der Waals surface area (Å²) in [6, 6.07) is 22.1. The van der Waals surface area contributed by atoms with Gasteiger partial charge in [0.1, 0.15) is 5.75 Å². The van der Waals surface area contributed by atoms with Gasteiger partial charge in [-0.05, 0) is 102 Å². The number of esters is 1. The number of aryl methyl sites for hydroxylation is 4. The number of hydrogen-bond donors (Lipinski definition) is 2. The number of rotatable bonds is 19. The molecule has 2 atom stereocenters. The molecule has 2 N–H and O–H groups in total. The average Bonchev–Trinajstić information content (AvgIpc) is 3.06. The molecule has 0 fully saturated rings. The Morgan fingerprint density at radius 3 is 2.11 bits per heavy atom. The van der Waals surface area contributed by atoms with E-state index < -0.39 is 12.1 Å². The topological polar surface area (TPSA) is 76.0 Å². The van der Waals surface area contributed by atoms with Crippen molar-refractivity contribution < 1.29 is 24.5 Å². The van der Waals surface area contributed by atoms with Gasteiger partial charge in [0, 0.05) is 24.5 Å². The van der Waals surface area contributed by atoms with Crippen molar-refractivity contribution in [1.82, 2.24) is 0 Å². The van der Waals surface area contributed by atoms with Crippen molar-refractivity contribution in [2.75, 3.05) is 19.8 Å². The molecule has 0 heterocycles. The third-order valence-corrected chi connectivity index (χ3v) is 8.98. The molecule has 0 aliphatic rings. The van der Waals surface area contributed by atoms with Crippen LogP contribution in [-0.4, -0.2) is 42.1 Å². The third-order valence-electron chi connectivity index (χ3n) is 8.98. The van der Waals surface area contributed by atoms with Crippen molar-refractivity contribution in [3.8, 4) is 16.9 Å². The lowest BCUT2D eigenvalue weighted by atomic mass is 9.80. The molecule has 3 aromatic carbocycles. The van der Waals surface area contributed by atoms with Crippen molar-refractivity contribution in [1.29, 1.82) is 0 Å². The SMILES string of the molecule is C=C(C)C(=O)OCCc1cc(-c2ccc(CCc3ccc(CCCCC)cc3)cc2CC)ccc1OCCC(CO)C(O)C(C)(C)C. The zero-order valence-electron chi connectivity index (χ0n) is 29.7. The van der Waals surface area contributed by atoms with Crippen LogP contribution in [0.1, 0.15) is 95.0 Å². The summed E-state index contributed by atoms with van der Waals surface area (Å²) in [6.07, 6.45) is 8.25. The van der Waals surface area contributed by atoms with Gasteiger partial charge in [-0.1, -0.05) is 103 Å². The lowest BCUT2D eigenvalue weighted by Crippen LogP contribution is -2.36. The molecule has 3 aromatic rings. The van der Waals surface area contributed by atoms with Gasteiger partial charge in [-0.15, -0.1) is 0 Å². The minimum Gasteiger partial charge on any atom is -0.493 e. The fourth-order valence-corrected chi connectivity index (χ4v) is 5.95. The van der Waals surface area contributed by atoms with Gasteiger partial charge in [0.25, 0.3) is 0 Å². The molecule has 0 saturated carbocycles. The van der Waals surface area contributed by atoms with Crippen LogP contribution in [0.5, 0.6) is 5.75 Å². The average molecular weight is 643 g/mol. The van der Waals surface area contributed by atoms with Crippen LogP contribution in [0.25, 0.3) is 11.1 Å². The van der Waals surface area contributed by atoms with Gasteiger partial charge in [0.2, 0.25) is 0 Å². The van der Waals surface area contributed by atoms with E-state index >= 15 is 0 Å². The first-order valence-corrected chi connectivity index (χ1v) is 17.5. The van der Waals surface area contributed by atoms with Crippen molar-refractivity contribution in [2.45, 2.75) is 105 Å². The lowest BCUT2D eigenvalue weighted by molar-refractivity contribution is -0.138. The van der Waals surface area contributed by atoms with Crippen molar-refractivity contribution in [3.63, 3.8) is 0 Å². The van der Waals surface area contributed by atoms with Crippen molar-refractivity contribution in [2.24, 2.45) is 11.3 Å². The van der Waals surface area contributed by atoms with Gasteiger partial charge in [-0.25, -0.2) is 4.79 Å². The minimum absolute atomic E-state index is 0.106. The molecule has 2 unspecified atom stereocenters. The van der Waals surface area contributed by atoms with E-state index in [0.29, 0.717) is 30.8 Å². The normalized spacial score (nSPS) is 12.9. The van der Waals surface area contributed by atoms with Crippen LogP contribution < -0.4 is 4.74 Å². The Balaban J connectivity index is 1.75. The largest absolute Gasteiger partial charge is 0.493 e. The molecule has 0 spiro atoms. The van der Waals surface area contributed by atoms with Gasteiger partial charge in [-0.2, -0.15) is 0 Å². The van der Waals surface area contributed by atoms with E-state index in [0.717, 1.165) is 36.8 Å². The second-order valence-corrected chi connectivity index (χ2v) is 14.0. The summed E-state index contributed by atoms with van der Waals surface area (Å²) >= 11 is 0. The maximum Gasteiger partial charge on any atom is 0.333 e. The van der Waals surface area contributed by atoms with E-state index in [2.05, 4.69) is 75.0 Å². The Bertz CT molecular complexity index is 1420. The first-order chi connectivity index (χ1) is 22.5. The van der Waals surface area contributed by atoms with Gasteiger partial charge in [0.05, 0.1) is 19.3 Å². The van der Waals surface area contributed by atoms with Gasteiger partial charge in [-0.3, -0.25) is 0 Å². The van der Waals surface area contributed by atoms with Crippen molar-refractivity contribution in [3.05, 3.63) is 101 Å². The summed E-state index contributed by atoms with van der Waals surface area (Å²) in [7, 11) is 0. The lowest BCUT2D eigenvalue weighted by Gasteiger charge is -2.32. The molecule has 0 bridgehead atoms. The molecule has 0 amide bonds. The Hall–Kier alpha value is -3.41. The van der Waals surface area contributed by atoms with Gasteiger partial charge in [0.15, 0.2) is 0 Å². The van der Waals surface area contributed by atoms with E-state index in [1.807, 2.05) is 26.8 Å². The molecule has 0 saturated heterocycles. The summed E-state index contributed by atoms with van der Waals surface area (Å²) in [6.45, 7) is 16.1. The summed E-state index contributed by atoms with van der Waals surface area (Å²) < 4.78 is 11.7. The van der Waals surface area contributed by atoms with Crippen LogP contribution in [0.2, 0.25) is 0 Å². The number of hydrogen-bond acceptors (Lipinski definition) is 5. The van der Waals surface area contributed by atoms with Crippen LogP contribution in [-0.2, 0) is 41.6 Å². The van der Waals surface area contributed by atoms with E-state index in [1.54, 1.807) is 6.92 Å². The highest BCUT2D eigenvalue weighted by Gasteiger charge is 2.30. The Kier molecular flexibility index (Phi) is 15.2. The summed E-state index contributed by atoms with van der Waals surface area (Å²) in [5.41, 5.74) is 8.69. The highest BCUT2D eigenvalue weighted by molar-refractivity contribution is 5.86. The van der Waals surface area contributed by atoms with Crippen molar-refractivity contribution >= 4 is 5.97 Å². The van der Waals surface area contributed by atoms with Gasteiger partial charge < -0.3 is 19.7 Å². The molecule has 5 nitrogen and oxygen atoms in total. The molecular formula is C42H58O5. The number of ether oxygens (including phenoxy) is 2. The predicted octanol–water partition coefficient (Wildman–Crippen LogP) is 8.88. The number of aliphatic hydroxyl groups is 2. The maximum atomic E-state index is 12.1. The highest BCUT2D eigenvalue weighted by atomic mass is 16.5. The Labute approximate surface area is 284 Å². The zero-order valence-corrected chi connectivity index (χ0v) is 29.7. The summed E-state index contributed by atoms with van der Waals surface area (Å²) in [4.78, 5) is 12.1. The second-order valence-electron chi connectivity index (χ2n) is 14.0. The second kappa shape index (κ2) is 18.8. The van der Waals surface area contributed by atoms with E-state index in [-0.39, 0.29) is 24.5 Å². The molecule has 0 aromatic heterocycles. The number of aliphatic hydroxyl groups excluding tert-OH is 2. The molecular weight excluding hydrogens is 584 g/mol. The molecule has 256 valence electrons. The standard InChI is InChI=1S/C42H58O5/c1-8-10-11-12-31-13-15-32(16-14-31)17-18-33-19-21-38(34(9-2)27-33)35-20-22-39(36(28-35)23-26-47-41(45)30(3)4)46-25-24-37(29-43)40(44)42(5,6)7/h13-16,19-22,27-28,37,40,43-44H,3,8-12,17-18,23-26,29H2,1-2,4-7H3. The minimum atomic E-state index is -0.643. The molecule has 3 rings (SSSR count). The zero-order chi connectivity index (χ0) is 34.4. The first kappa shape index (κ1) is 38.0. The van der Waals surface area contributed by atoms with E-state index in [1.165, 1.54) is 47.1 Å². The van der Waals surface area contributed by atoms with Gasteiger partial charge >= 0.3 is 5.97 Å². The first-order valence-electron chi connectivity index (χ1n) is 17.5. The molecule has 0 radical (unpaired) electrons. The molecule has 47 heavy (non-hydrogen) atoms. The fraction of sp³-hybridized carbons (Fsp3) is 0.500. The maximum absolute atomic E-state index is 12.1. The molecule has 5 heteroatoms. The van der Waals surface area contributed by atoms with E-state index in [4.69, 9.17) is 9.47 Å². The quantitative estimate of drug-likeness (QED) is 0.0776. The monoisotopic (exact) mass is 642 g/mol. The van der Waals surface area contributed by atoms with Crippen LogP contribution >= 0.6 is 0 Å². The smallest absolute Gasteiger partial charge is 0.333 e. The molecule has 0 aliphatic carbocycles. The Morgan fingerprint density at radius 2 is 1.49 bits per heavy atom. The summed E-state index contributed by atoms with van der Waals surface area (Å²) in [5, 5.41) is 20.6. The predicted molar refractivity (Wildman–Crippen MR) is 194 cm³/mol. The summed E-state index contributed by atoms with van der Waals surface area (Å²) in [5.74, 6) is 0.0280. The number of carbonyl (C=O) groups excluding carboxylic acids is 1. The number of carbonyl (C=O) groups is 1. The van der Waals surface area contributed by atoms with E-state index in [9.17, 15) is 15.0 Å². The van der Waals surface area contributed by atoms with Crippen LogP contribution in [0.4, 0.5) is 0 Å². The highest BCUT2D eigenvalue weighted by Crippen LogP contribution is 2.32. The fourth-order valence-electron chi connectivity index (χ4n) is 5.95.